The van der Waals surface area contributed by atoms with Crippen LogP contribution in [-0.2, 0) is 6.18 Å². The number of alkyl halides is 3. The van der Waals surface area contributed by atoms with E-state index in [-0.39, 0.29) is 5.56 Å². The lowest BCUT2D eigenvalue weighted by Gasteiger charge is -2.16. The fourth-order valence-electron chi connectivity index (χ4n) is 4.78. The maximum atomic E-state index is 13.5. The Morgan fingerprint density at radius 1 is 1.03 bits per heavy atom. The Morgan fingerprint density at radius 2 is 1.82 bits per heavy atom. The van der Waals surface area contributed by atoms with Gasteiger partial charge in [0.25, 0.3) is 0 Å². The quantitative estimate of drug-likeness (QED) is 0.314. The molecule has 4 heterocycles. The van der Waals surface area contributed by atoms with E-state index in [1.54, 1.807) is 26.2 Å². The summed E-state index contributed by atoms with van der Waals surface area (Å²) in [7, 11) is 1.58. The standard InChI is InChI=1S/C27H29F3N6O2/c1-17-25(19-14-20(27(28,29)30)26(31)32-16-19)36-24(33-17)9-7-21(34-36)18-6-8-22(23(15-18)37-2)38-13-5-12-35-10-3-4-11-35/h6-9,14-16H,3-5,10-13H2,1-2H3,(H2,31,32). The van der Waals surface area contributed by atoms with Crippen LogP contribution in [0.3, 0.4) is 0 Å². The summed E-state index contributed by atoms with van der Waals surface area (Å²) in [6.07, 6.45) is 0.133. The molecule has 2 N–H and O–H groups in total. The molecule has 0 aliphatic carbocycles. The second-order valence-electron chi connectivity index (χ2n) is 9.31. The van der Waals surface area contributed by atoms with Crippen LogP contribution in [0.2, 0.25) is 0 Å². The van der Waals surface area contributed by atoms with Crippen LogP contribution in [-0.4, -0.2) is 57.8 Å². The van der Waals surface area contributed by atoms with Crippen LogP contribution in [0, 0.1) is 6.92 Å². The Hall–Kier alpha value is -3.86. The lowest BCUT2D eigenvalue weighted by molar-refractivity contribution is -0.137. The van der Waals surface area contributed by atoms with Gasteiger partial charge in [0.1, 0.15) is 5.82 Å². The molecule has 1 aliphatic heterocycles. The number of imidazole rings is 1. The van der Waals surface area contributed by atoms with Gasteiger partial charge < -0.3 is 20.1 Å². The van der Waals surface area contributed by atoms with Crippen LogP contribution in [0.5, 0.6) is 11.5 Å². The SMILES string of the molecule is COc1cc(-c2ccc3nc(C)c(-c4cnc(N)c(C(F)(F)F)c4)n3n2)ccc1OCCCN1CCCC1. The van der Waals surface area contributed by atoms with Gasteiger partial charge in [-0.3, -0.25) is 0 Å². The number of nitrogen functional groups attached to an aromatic ring is 1. The molecule has 1 fully saturated rings. The highest BCUT2D eigenvalue weighted by Crippen LogP contribution is 2.36. The summed E-state index contributed by atoms with van der Waals surface area (Å²) in [6, 6.07) is 10.1. The Kier molecular flexibility index (Phi) is 7.11. The Labute approximate surface area is 218 Å². The fraction of sp³-hybridized carbons (Fsp3) is 0.370. The van der Waals surface area contributed by atoms with Crippen molar-refractivity contribution in [1.29, 1.82) is 0 Å². The zero-order chi connectivity index (χ0) is 26.9. The number of nitrogens with zero attached hydrogens (tertiary/aromatic N) is 5. The fourth-order valence-corrected chi connectivity index (χ4v) is 4.78. The molecule has 200 valence electrons. The second-order valence-corrected chi connectivity index (χ2v) is 9.31. The molecule has 38 heavy (non-hydrogen) atoms. The molecule has 0 bridgehead atoms. The lowest BCUT2D eigenvalue weighted by atomic mass is 10.1. The number of nitrogens with two attached hydrogens (primary N) is 1. The number of fused-ring (bicyclic) bond motifs is 1. The third-order valence-electron chi connectivity index (χ3n) is 6.68. The maximum Gasteiger partial charge on any atom is 0.419 e. The number of hydrogen-bond acceptors (Lipinski definition) is 7. The van der Waals surface area contributed by atoms with E-state index in [2.05, 4.69) is 14.9 Å². The van der Waals surface area contributed by atoms with Crippen molar-refractivity contribution in [2.45, 2.75) is 32.4 Å². The molecular formula is C27H29F3N6O2. The van der Waals surface area contributed by atoms with Gasteiger partial charge in [-0.2, -0.15) is 18.3 Å². The molecule has 3 aromatic heterocycles. The molecule has 0 radical (unpaired) electrons. The molecule has 8 nitrogen and oxygen atoms in total. The second kappa shape index (κ2) is 10.5. The molecule has 1 saturated heterocycles. The van der Waals surface area contributed by atoms with E-state index < -0.39 is 17.6 Å². The largest absolute Gasteiger partial charge is 0.493 e. The van der Waals surface area contributed by atoms with Crippen molar-refractivity contribution >= 4 is 11.5 Å². The van der Waals surface area contributed by atoms with Crippen LogP contribution >= 0.6 is 0 Å². The summed E-state index contributed by atoms with van der Waals surface area (Å²) in [5.74, 6) is 0.641. The topological polar surface area (TPSA) is 90.8 Å². The summed E-state index contributed by atoms with van der Waals surface area (Å²) in [5, 5.41) is 4.69. The van der Waals surface area contributed by atoms with Gasteiger partial charge in [0, 0.05) is 23.9 Å². The van der Waals surface area contributed by atoms with Crippen molar-refractivity contribution in [3.05, 3.63) is 53.9 Å². The summed E-state index contributed by atoms with van der Waals surface area (Å²) >= 11 is 0. The van der Waals surface area contributed by atoms with Gasteiger partial charge in [0.05, 0.1) is 36.4 Å². The van der Waals surface area contributed by atoms with E-state index in [0.29, 0.717) is 40.8 Å². The Balaban J connectivity index is 1.42. The van der Waals surface area contributed by atoms with E-state index in [9.17, 15) is 13.2 Å². The van der Waals surface area contributed by atoms with Gasteiger partial charge in [-0.05, 0) is 75.7 Å². The van der Waals surface area contributed by atoms with E-state index in [4.69, 9.17) is 20.3 Å². The number of methoxy groups -OCH3 is 1. The first-order chi connectivity index (χ1) is 18.2. The predicted octanol–water partition coefficient (Wildman–Crippen LogP) is 5.24. The average Bonchev–Trinajstić information content (AvgIpc) is 3.53. The third kappa shape index (κ3) is 5.24. The number of benzene rings is 1. The van der Waals surface area contributed by atoms with Crippen molar-refractivity contribution in [2.75, 3.05) is 39.1 Å². The van der Waals surface area contributed by atoms with Gasteiger partial charge in [-0.1, -0.05) is 0 Å². The van der Waals surface area contributed by atoms with E-state index in [0.717, 1.165) is 37.7 Å². The highest BCUT2D eigenvalue weighted by molar-refractivity contribution is 5.70. The van der Waals surface area contributed by atoms with Crippen molar-refractivity contribution in [1.82, 2.24) is 24.5 Å². The Morgan fingerprint density at radius 3 is 2.55 bits per heavy atom. The van der Waals surface area contributed by atoms with Crippen molar-refractivity contribution in [3.8, 4) is 34.0 Å². The summed E-state index contributed by atoms with van der Waals surface area (Å²) in [4.78, 5) is 10.7. The summed E-state index contributed by atoms with van der Waals surface area (Å²) < 4.78 is 53.5. The number of halogens is 3. The first-order valence-electron chi connectivity index (χ1n) is 12.5. The summed E-state index contributed by atoms with van der Waals surface area (Å²) in [5.41, 5.74) is 7.49. The molecule has 11 heteroatoms. The maximum absolute atomic E-state index is 13.5. The number of hydrogen-bond donors (Lipinski definition) is 1. The number of anilines is 1. The third-order valence-corrected chi connectivity index (χ3v) is 6.68. The molecule has 5 rings (SSSR count). The van der Waals surface area contributed by atoms with Gasteiger partial charge in [0.2, 0.25) is 0 Å². The zero-order valence-corrected chi connectivity index (χ0v) is 21.3. The van der Waals surface area contributed by atoms with Gasteiger partial charge in [-0.25, -0.2) is 14.5 Å². The van der Waals surface area contributed by atoms with E-state index in [1.807, 2.05) is 18.2 Å². The van der Waals surface area contributed by atoms with E-state index in [1.165, 1.54) is 23.6 Å². The Bertz CT molecular complexity index is 1450. The lowest BCUT2D eigenvalue weighted by Crippen LogP contribution is -2.21. The molecular weight excluding hydrogens is 497 g/mol. The minimum atomic E-state index is -4.63. The molecule has 0 atom stereocenters. The minimum Gasteiger partial charge on any atom is -0.493 e. The van der Waals surface area contributed by atoms with Crippen LogP contribution in [0.15, 0.2) is 42.6 Å². The zero-order valence-electron chi connectivity index (χ0n) is 21.3. The van der Waals surface area contributed by atoms with Gasteiger partial charge in [-0.15, -0.1) is 0 Å². The van der Waals surface area contributed by atoms with Gasteiger partial charge in [0.15, 0.2) is 17.1 Å². The number of aromatic nitrogens is 4. The number of aryl methyl sites for hydroxylation is 1. The molecule has 1 aromatic carbocycles. The van der Waals surface area contributed by atoms with Crippen molar-refractivity contribution in [2.24, 2.45) is 0 Å². The van der Waals surface area contributed by atoms with Crippen LogP contribution in [0.4, 0.5) is 19.0 Å². The highest BCUT2D eigenvalue weighted by Gasteiger charge is 2.34. The molecule has 4 aromatic rings. The van der Waals surface area contributed by atoms with Crippen molar-refractivity contribution in [3.63, 3.8) is 0 Å². The molecule has 0 unspecified atom stereocenters. The molecule has 0 spiro atoms. The minimum absolute atomic E-state index is 0.219. The summed E-state index contributed by atoms with van der Waals surface area (Å²) in [6.45, 7) is 5.64. The molecule has 0 amide bonds. The van der Waals surface area contributed by atoms with E-state index >= 15 is 0 Å². The van der Waals surface area contributed by atoms with Gasteiger partial charge >= 0.3 is 6.18 Å². The first kappa shape index (κ1) is 25.8. The highest BCUT2D eigenvalue weighted by atomic mass is 19.4. The average molecular weight is 527 g/mol. The number of rotatable bonds is 8. The smallest absolute Gasteiger partial charge is 0.419 e. The monoisotopic (exact) mass is 526 g/mol. The normalized spacial score (nSPS) is 14.3. The van der Waals surface area contributed by atoms with Crippen LogP contribution < -0.4 is 15.2 Å². The predicted molar refractivity (Wildman–Crippen MR) is 138 cm³/mol. The van der Waals surface area contributed by atoms with Crippen LogP contribution in [0.1, 0.15) is 30.5 Å². The number of likely N-dealkylation sites (tertiary alicyclic amines) is 1. The number of pyridine rings is 1. The number of ether oxygens (including phenoxy) is 2. The van der Waals surface area contributed by atoms with Crippen LogP contribution in [0.25, 0.3) is 28.2 Å². The molecule has 0 saturated carbocycles. The first-order valence-corrected chi connectivity index (χ1v) is 12.5. The molecule has 1 aliphatic rings. The van der Waals surface area contributed by atoms with Crippen molar-refractivity contribution < 1.29 is 22.6 Å².